The van der Waals surface area contributed by atoms with Crippen molar-refractivity contribution < 1.29 is 19.4 Å². The number of rotatable bonds is 5. The van der Waals surface area contributed by atoms with E-state index in [1.807, 2.05) is 30.3 Å². The lowest BCUT2D eigenvalue weighted by molar-refractivity contribution is 0.0967. The highest BCUT2D eigenvalue weighted by molar-refractivity contribution is 5.96. The van der Waals surface area contributed by atoms with Crippen molar-refractivity contribution in [3.63, 3.8) is 0 Å². The molecule has 1 fully saturated rings. The third-order valence-corrected chi connectivity index (χ3v) is 5.17. The Hall–Kier alpha value is -2.53. The van der Waals surface area contributed by atoms with E-state index in [0.29, 0.717) is 48.4 Å². The van der Waals surface area contributed by atoms with Gasteiger partial charge in [0.05, 0.1) is 0 Å². The van der Waals surface area contributed by atoms with Crippen LogP contribution >= 0.6 is 0 Å². The SMILES string of the molecule is O=C(CCN1CCC(c2ccccc2O)C1)c1ccc2c(c1)OCCO2. The van der Waals surface area contributed by atoms with Crippen molar-refractivity contribution in [3.8, 4) is 17.2 Å². The number of nitrogens with zero attached hydrogens (tertiary/aromatic N) is 1. The van der Waals surface area contributed by atoms with Crippen LogP contribution in [-0.4, -0.2) is 48.6 Å². The van der Waals surface area contributed by atoms with Crippen LogP contribution in [0, 0.1) is 0 Å². The van der Waals surface area contributed by atoms with Crippen molar-refractivity contribution in [2.75, 3.05) is 32.8 Å². The lowest BCUT2D eigenvalue weighted by atomic mass is 9.97. The molecule has 0 bridgehead atoms. The number of carbonyl (C=O) groups excluding carboxylic acids is 1. The Kier molecular flexibility index (Phi) is 4.80. The third kappa shape index (κ3) is 3.53. The molecule has 2 aromatic carbocycles. The molecule has 2 aromatic rings. The number of ketones is 1. The molecular weight excluding hydrogens is 330 g/mol. The van der Waals surface area contributed by atoms with Crippen molar-refractivity contribution in [2.45, 2.75) is 18.8 Å². The summed E-state index contributed by atoms with van der Waals surface area (Å²) in [5.41, 5.74) is 1.68. The smallest absolute Gasteiger partial charge is 0.164 e. The number of fused-ring (bicyclic) bond motifs is 1. The number of carbonyl (C=O) groups is 1. The zero-order chi connectivity index (χ0) is 17.9. The number of phenolic OH excluding ortho intramolecular Hbond substituents is 1. The molecule has 0 saturated carbocycles. The Labute approximate surface area is 153 Å². The van der Waals surface area contributed by atoms with Gasteiger partial charge in [-0.25, -0.2) is 0 Å². The molecule has 5 nitrogen and oxygen atoms in total. The van der Waals surface area contributed by atoms with E-state index in [1.54, 1.807) is 12.1 Å². The van der Waals surface area contributed by atoms with Crippen LogP contribution < -0.4 is 9.47 Å². The van der Waals surface area contributed by atoms with E-state index in [1.165, 1.54) is 0 Å². The molecular formula is C21H23NO4. The van der Waals surface area contributed by atoms with Crippen molar-refractivity contribution >= 4 is 5.78 Å². The molecule has 136 valence electrons. The normalized spacial score (nSPS) is 19.5. The van der Waals surface area contributed by atoms with Crippen molar-refractivity contribution in [3.05, 3.63) is 53.6 Å². The molecule has 2 aliphatic heterocycles. The minimum absolute atomic E-state index is 0.119. The topological polar surface area (TPSA) is 59.0 Å². The quantitative estimate of drug-likeness (QED) is 0.837. The number of likely N-dealkylation sites (tertiary alicyclic amines) is 1. The highest BCUT2D eigenvalue weighted by Gasteiger charge is 2.26. The molecule has 1 atom stereocenters. The Balaban J connectivity index is 1.33. The van der Waals surface area contributed by atoms with E-state index in [0.717, 1.165) is 31.6 Å². The Morgan fingerprint density at radius 1 is 1.12 bits per heavy atom. The number of aromatic hydroxyl groups is 1. The number of hydrogen-bond donors (Lipinski definition) is 1. The van der Waals surface area contributed by atoms with Gasteiger partial charge in [0, 0.05) is 31.0 Å². The fraction of sp³-hybridized carbons (Fsp3) is 0.381. The molecule has 2 heterocycles. The molecule has 26 heavy (non-hydrogen) atoms. The molecule has 1 saturated heterocycles. The molecule has 1 unspecified atom stereocenters. The van der Waals surface area contributed by atoms with Crippen LogP contribution in [0.2, 0.25) is 0 Å². The van der Waals surface area contributed by atoms with Gasteiger partial charge in [0.15, 0.2) is 17.3 Å². The molecule has 1 N–H and O–H groups in total. The second kappa shape index (κ2) is 7.38. The van der Waals surface area contributed by atoms with Gasteiger partial charge in [0.1, 0.15) is 19.0 Å². The van der Waals surface area contributed by atoms with E-state index in [-0.39, 0.29) is 5.78 Å². The van der Waals surface area contributed by atoms with E-state index >= 15 is 0 Å². The van der Waals surface area contributed by atoms with Crippen LogP contribution in [0.4, 0.5) is 0 Å². The Bertz CT molecular complexity index is 804. The predicted octanol–water partition coefficient (Wildman–Crippen LogP) is 3.23. The van der Waals surface area contributed by atoms with Gasteiger partial charge in [0.2, 0.25) is 0 Å². The monoisotopic (exact) mass is 353 g/mol. The zero-order valence-corrected chi connectivity index (χ0v) is 14.7. The fourth-order valence-corrected chi connectivity index (χ4v) is 3.74. The molecule has 0 amide bonds. The minimum Gasteiger partial charge on any atom is -0.508 e. The number of phenols is 1. The van der Waals surface area contributed by atoms with Gasteiger partial charge in [-0.3, -0.25) is 4.79 Å². The lowest BCUT2D eigenvalue weighted by Gasteiger charge is -2.19. The largest absolute Gasteiger partial charge is 0.508 e. The Morgan fingerprint density at radius 3 is 2.77 bits per heavy atom. The predicted molar refractivity (Wildman–Crippen MR) is 98.3 cm³/mol. The number of hydrogen-bond acceptors (Lipinski definition) is 5. The summed E-state index contributed by atoms with van der Waals surface area (Å²) in [6.45, 7) is 3.64. The number of Topliss-reactive ketones (excluding diaryl/α,β-unsaturated/α-hetero) is 1. The van der Waals surface area contributed by atoms with Gasteiger partial charge in [0.25, 0.3) is 0 Å². The number of benzene rings is 2. The minimum atomic E-state index is 0.119. The molecule has 0 spiro atoms. The summed E-state index contributed by atoms with van der Waals surface area (Å²) < 4.78 is 11.1. The first-order valence-corrected chi connectivity index (χ1v) is 9.14. The standard InChI is InChI=1S/C21H23NO4/c23-18(15-5-6-20-21(13-15)26-12-11-25-20)8-10-22-9-7-16(14-22)17-3-1-2-4-19(17)24/h1-6,13,16,24H,7-12,14H2. The maximum Gasteiger partial charge on any atom is 0.164 e. The van der Waals surface area contributed by atoms with Crippen molar-refractivity contribution in [1.82, 2.24) is 4.90 Å². The zero-order valence-electron chi connectivity index (χ0n) is 14.7. The van der Waals surface area contributed by atoms with Crippen molar-refractivity contribution in [1.29, 1.82) is 0 Å². The van der Waals surface area contributed by atoms with Crippen LogP contribution in [-0.2, 0) is 0 Å². The van der Waals surface area contributed by atoms with E-state index < -0.39 is 0 Å². The summed E-state index contributed by atoms with van der Waals surface area (Å²) in [6.07, 6.45) is 1.49. The average Bonchev–Trinajstić information content (AvgIpc) is 3.15. The summed E-state index contributed by atoms with van der Waals surface area (Å²) in [6, 6.07) is 12.9. The summed E-state index contributed by atoms with van der Waals surface area (Å²) >= 11 is 0. The first-order valence-electron chi connectivity index (χ1n) is 9.14. The molecule has 0 aromatic heterocycles. The highest BCUT2D eigenvalue weighted by atomic mass is 16.6. The highest BCUT2D eigenvalue weighted by Crippen LogP contribution is 2.33. The van der Waals surface area contributed by atoms with Crippen LogP contribution in [0.25, 0.3) is 0 Å². The molecule has 2 aliphatic rings. The van der Waals surface area contributed by atoms with Crippen LogP contribution in [0.3, 0.4) is 0 Å². The van der Waals surface area contributed by atoms with Gasteiger partial charge < -0.3 is 19.5 Å². The van der Waals surface area contributed by atoms with Crippen LogP contribution in [0.15, 0.2) is 42.5 Å². The van der Waals surface area contributed by atoms with Crippen LogP contribution in [0.1, 0.15) is 34.7 Å². The van der Waals surface area contributed by atoms with Crippen LogP contribution in [0.5, 0.6) is 17.2 Å². The first-order chi connectivity index (χ1) is 12.7. The van der Waals surface area contributed by atoms with E-state index in [2.05, 4.69) is 4.90 Å². The Morgan fingerprint density at radius 2 is 1.92 bits per heavy atom. The average molecular weight is 353 g/mol. The second-order valence-corrected chi connectivity index (χ2v) is 6.88. The van der Waals surface area contributed by atoms with Gasteiger partial charge >= 0.3 is 0 Å². The van der Waals surface area contributed by atoms with Gasteiger partial charge in [-0.1, -0.05) is 18.2 Å². The van der Waals surface area contributed by atoms with E-state index in [4.69, 9.17) is 9.47 Å². The lowest BCUT2D eigenvalue weighted by Crippen LogP contribution is -2.24. The van der Waals surface area contributed by atoms with E-state index in [9.17, 15) is 9.90 Å². The first kappa shape index (κ1) is 16.9. The molecule has 0 aliphatic carbocycles. The van der Waals surface area contributed by atoms with Crippen molar-refractivity contribution in [2.24, 2.45) is 0 Å². The maximum atomic E-state index is 12.5. The summed E-state index contributed by atoms with van der Waals surface area (Å²) in [4.78, 5) is 14.8. The number of para-hydroxylation sites is 1. The summed E-state index contributed by atoms with van der Waals surface area (Å²) in [5.74, 6) is 2.18. The van der Waals surface area contributed by atoms with Gasteiger partial charge in [-0.15, -0.1) is 0 Å². The second-order valence-electron chi connectivity index (χ2n) is 6.88. The summed E-state index contributed by atoms with van der Waals surface area (Å²) in [7, 11) is 0. The summed E-state index contributed by atoms with van der Waals surface area (Å²) in [5, 5.41) is 10.0. The maximum absolute atomic E-state index is 12.5. The number of ether oxygens (including phenoxy) is 2. The third-order valence-electron chi connectivity index (χ3n) is 5.17. The van der Waals surface area contributed by atoms with Gasteiger partial charge in [-0.2, -0.15) is 0 Å². The molecule has 5 heteroatoms. The fourth-order valence-electron chi connectivity index (χ4n) is 3.74. The molecule has 4 rings (SSSR count). The molecule has 0 radical (unpaired) electrons. The van der Waals surface area contributed by atoms with Gasteiger partial charge in [-0.05, 0) is 42.8 Å².